The minimum Gasteiger partial charge on any atom is -0.493 e. The van der Waals surface area contributed by atoms with Crippen LogP contribution in [0.5, 0.6) is 5.75 Å². The molecule has 0 fully saturated rings. The second kappa shape index (κ2) is 5.56. The summed E-state index contributed by atoms with van der Waals surface area (Å²) in [5, 5.41) is 10.7. The molecule has 0 saturated carbocycles. The Morgan fingerprint density at radius 3 is 2.84 bits per heavy atom. The molecule has 0 aliphatic carbocycles. The summed E-state index contributed by atoms with van der Waals surface area (Å²) in [4.78, 5) is 0. The van der Waals surface area contributed by atoms with Crippen LogP contribution in [0.3, 0.4) is 0 Å². The van der Waals surface area contributed by atoms with Crippen LogP contribution in [0, 0.1) is 0 Å². The maximum Gasteiger partial charge on any atom is 0.122 e. The molecule has 1 aromatic carbocycles. The van der Waals surface area contributed by atoms with Crippen molar-refractivity contribution in [2.24, 2.45) is 0 Å². The van der Waals surface area contributed by atoms with Gasteiger partial charge in [-0.2, -0.15) is 0 Å². The number of hydrogen-bond donors (Lipinski definition) is 1. The first-order chi connectivity index (χ1) is 9.16. The number of halogens is 2. The Hall–Kier alpha value is -0.360. The number of benzene rings is 1. The van der Waals surface area contributed by atoms with Gasteiger partial charge in [0.05, 0.1) is 20.3 Å². The van der Waals surface area contributed by atoms with Gasteiger partial charge in [0.25, 0.3) is 0 Å². The molecule has 0 saturated heterocycles. The Morgan fingerprint density at radius 1 is 1.32 bits per heavy atom. The highest BCUT2D eigenvalue weighted by atomic mass is 79.9. The van der Waals surface area contributed by atoms with Gasteiger partial charge in [-0.1, -0.05) is 18.2 Å². The molecule has 2 nitrogen and oxygen atoms in total. The molecule has 1 aliphatic heterocycles. The molecule has 0 spiro atoms. The summed E-state index contributed by atoms with van der Waals surface area (Å²) < 4.78 is 7.65. The number of ether oxygens (including phenoxy) is 1. The molecule has 2 atom stereocenters. The lowest BCUT2D eigenvalue weighted by Crippen LogP contribution is -2.19. The summed E-state index contributed by atoms with van der Waals surface area (Å²) in [5.41, 5.74) is 2.04. The Bertz CT molecular complexity index is 597. The van der Waals surface area contributed by atoms with Crippen LogP contribution in [0.25, 0.3) is 0 Å². The van der Waals surface area contributed by atoms with E-state index >= 15 is 0 Å². The first-order valence-electron chi connectivity index (χ1n) is 6.01. The number of thiophene rings is 1. The standard InChI is InChI=1S/C14H12Br2O2S/c15-12-7-10(14(16)19-12)13(17)9-5-6-18-11-4-2-1-3-8(9)11/h1-4,7,9,13,17H,5-6H2. The number of aliphatic hydroxyl groups excluding tert-OH is 1. The summed E-state index contributed by atoms with van der Waals surface area (Å²) in [7, 11) is 0. The van der Waals surface area contributed by atoms with Crippen LogP contribution in [0.4, 0.5) is 0 Å². The fourth-order valence-corrected chi connectivity index (χ4v) is 5.38. The molecule has 0 bridgehead atoms. The van der Waals surface area contributed by atoms with Gasteiger partial charge in [-0.25, -0.2) is 0 Å². The van der Waals surface area contributed by atoms with E-state index in [1.165, 1.54) is 0 Å². The van der Waals surface area contributed by atoms with E-state index in [0.717, 1.165) is 30.9 Å². The van der Waals surface area contributed by atoms with E-state index in [1.807, 2.05) is 30.3 Å². The lowest BCUT2D eigenvalue weighted by atomic mass is 9.86. The van der Waals surface area contributed by atoms with Crippen LogP contribution in [0.15, 0.2) is 37.9 Å². The zero-order chi connectivity index (χ0) is 13.4. The van der Waals surface area contributed by atoms with Crippen molar-refractivity contribution in [3.63, 3.8) is 0 Å². The Labute approximate surface area is 132 Å². The third-order valence-corrected chi connectivity index (χ3v) is 5.77. The molecule has 1 aromatic heterocycles. The third kappa shape index (κ3) is 2.61. The summed E-state index contributed by atoms with van der Waals surface area (Å²) in [6, 6.07) is 9.94. The van der Waals surface area contributed by atoms with Crippen molar-refractivity contribution < 1.29 is 9.84 Å². The normalized spacial score (nSPS) is 19.6. The van der Waals surface area contributed by atoms with Crippen molar-refractivity contribution in [1.29, 1.82) is 0 Å². The van der Waals surface area contributed by atoms with E-state index in [2.05, 4.69) is 31.9 Å². The van der Waals surface area contributed by atoms with E-state index in [9.17, 15) is 5.11 Å². The van der Waals surface area contributed by atoms with Crippen molar-refractivity contribution in [3.8, 4) is 5.75 Å². The maximum absolute atomic E-state index is 10.7. The lowest BCUT2D eigenvalue weighted by Gasteiger charge is -2.29. The number of hydrogen-bond acceptors (Lipinski definition) is 3. The topological polar surface area (TPSA) is 29.5 Å². The SMILES string of the molecule is OC(c1cc(Br)sc1Br)C1CCOc2ccccc21. The highest BCUT2D eigenvalue weighted by Gasteiger charge is 2.30. The molecule has 0 radical (unpaired) electrons. The number of aliphatic hydroxyl groups is 1. The van der Waals surface area contributed by atoms with Crippen molar-refractivity contribution in [1.82, 2.24) is 0 Å². The Balaban J connectivity index is 1.97. The average Bonchev–Trinajstić information content (AvgIpc) is 2.76. The van der Waals surface area contributed by atoms with E-state index in [4.69, 9.17) is 4.74 Å². The molecular formula is C14H12Br2O2S. The Kier molecular flexibility index (Phi) is 3.98. The molecule has 3 rings (SSSR count). The van der Waals surface area contributed by atoms with E-state index in [-0.39, 0.29) is 5.92 Å². The minimum atomic E-state index is -0.512. The smallest absolute Gasteiger partial charge is 0.122 e. The number of para-hydroxylation sites is 1. The Morgan fingerprint density at radius 2 is 2.11 bits per heavy atom. The van der Waals surface area contributed by atoms with E-state index in [0.29, 0.717) is 6.61 Å². The van der Waals surface area contributed by atoms with Gasteiger partial charge in [-0.05, 0) is 50.4 Å². The zero-order valence-electron chi connectivity index (χ0n) is 9.98. The van der Waals surface area contributed by atoms with E-state index in [1.54, 1.807) is 11.3 Å². The largest absolute Gasteiger partial charge is 0.493 e. The predicted molar refractivity (Wildman–Crippen MR) is 84.0 cm³/mol. The van der Waals surface area contributed by atoms with Crippen molar-refractivity contribution in [3.05, 3.63) is 49.0 Å². The molecule has 2 aromatic rings. The van der Waals surface area contributed by atoms with Gasteiger partial charge in [0, 0.05) is 17.0 Å². The second-order valence-electron chi connectivity index (χ2n) is 4.51. The minimum absolute atomic E-state index is 0.0859. The summed E-state index contributed by atoms with van der Waals surface area (Å²) in [6.07, 6.45) is 0.319. The monoisotopic (exact) mass is 402 g/mol. The lowest BCUT2D eigenvalue weighted by molar-refractivity contribution is 0.117. The fraction of sp³-hybridized carbons (Fsp3) is 0.286. The van der Waals surface area contributed by atoms with Gasteiger partial charge in [-0.15, -0.1) is 11.3 Å². The number of rotatable bonds is 2. The van der Waals surface area contributed by atoms with Crippen LogP contribution in [0.2, 0.25) is 0 Å². The number of fused-ring (bicyclic) bond motifs is 1. The van der Waals surface area contributed by atoms with Crippen LogP contribution < -0.4 is 4.74 Å². The molecule has 0 amide bonds. The zero-order valence-corrected chi connectivity index (χ0v) is 14.0. The second-order valence-corrected chi connectivity index (χ2v) is 8.26. The van der Waals surface area contributed by atoms with Crippen molar-refractivity contribution in [2.75, 3.05) is 6.61 Å². The predicted octanol–water partition coefficient (Wildman–Crippen LogP) is 4.87. The van der Waals surface area contributed by atoms with Crippen molar-refractivity contribution >= 4 is 43.2 Å². The summed E-state index contributed by atoms with van der Waals surface area (Å²) >= 11 is 8.57. The van der Waals surface area contributed by atoms with Crippen LogP contribution in [-0.4, -0.2) is 11.7 Å². The van der Waals surface area contributed by atoms with Crippen LogP contribution >= 0.6 is 43.2 Å². The average molecular weight is 404 g/mol. The summed E-state index contributed by atoms with van der Waals surface area (Å²) in [5.74, 6) is 0.978. The van der Waals surface area contributed by atoms with Gasteiger partial charge in [0.2, 0.25) is 0 Å². The van der Waals surface area contributed by atoms with Gasteiger partial charge in [0.15, 0.2) is 0 Å². The van der Waals surface area contributed by atoms with Gasteiger partial charge in [0.1, 0.15) is 5.75 Å². The molecule has 1 N–H and O–H groups in total. The van der Waals surface area contributed by atoms with Gasteiger partial charge >= 0.3 is 0 Å². The van der Waals surface area contributed by atoms with Crippen LogP contribution in [-0.2, 0) is 0 Å². The highest BCUT2D eigenvalue weighted by Crippen LogP contribution is 2.45. The third-order valence-electron chi connectivity index (χ3n) is 3.39. The maximum atomic E-state index is 10.7. The van der Waals surface area contributed by atoms with Crippen LogP contribution in [0.1, 0.15) is 29.6 Å². The quantitative estimate of drug-likeness (QED) is 0.774. The van der Waals surface area contributed by atoms with Gasteiger partial charge in [-0.3, -0.25) is 0 Å². The molecule has 1 aliphatic rings. The van der Waals surface area contributed by atoms with Gasteiger partial charge < -0.3 is 9.84 Å². The molecular weight excluding hydrogens is 392 g/mol. The van der Waals surface area contributed by atoms with Crippen molar-refractivity contribution in [2.45, 2.75) is 18.4 Å². The highest BCUT2D eigenvalue weighted by molar-refractivity contribution is 9.12. The molecule has 2 unspecified atom stereocenters. The molecule has 5 heteroatoms. The fourth-order valence-electron chi connectivity index (χ4n) is 2.47. The first-order valence-corrected chi connectivity index (χ1v) is 8.41. The molecule has 100 valence electrons. The molecule has 19 heavy (non-hydrogen) atoms. The first kappa shape index (κ1) is 13.6. The van der Waals surface area contributed by atoms with E-state index < -0.39 is 6.10 Å². The molecule has 2 heterocycles. The summed E-state index contributed by atoms with van der Waals surface area (Å²) in [6.45, 7) is 0.654.